The van der Waals surface area contributed by atoms with Gasteiger partial charge in [-0.1, -0.05) is 33.6 Å². The Morgan fingerprint density at radius 3 is 2.37 bits per heavy atom. The Bertz CT molecular complexity index is 302. The van der Waals surface area contributed by atoms with Crippen molar-refractivity contribution in [3.63, 3.8) is 0 Å². The van der Waals surface area contributed by atoms with Crippen LogP contribution >= 0.6 is 0 Å². The highest BCUT2D eigenvalue weighted by Gasteiger charge is 2.35. The van der Waals surface area contributed by atoms with Gasteiger partial charge in [0.25, 0.3) is 0 Å². The molecule has 2 heterocycles. The zero-order valence-corrected chi connectivity index (χ0v) is 12.9. The first-order valence-corrected chi connectivity index (χ1v) is 8.09. The molecule has 0 aromatic carbocycles. The molecular formula is C16H30N2O. The average molecular weight is 266 g/mol. The molecule has 1 N–H and O–H groups in total. The molecule has 0 saturated carbocycles. The predicted octanol–water partition coefficient (Wildman–Crippen LogP) is 2.66. The normalized spacial score (nSPS) is 31.2. The minimum absolute atomic E-state index is 0.222. The summed E-state index contributed by atoms with van der Waals surface area (Å²) in [6.07, 6.45) is 5.97. The first-order valence-electron chi connectivity index (χ1n) is 8.09. The van der Waals surface area contributed by atoms with Crippen molar-refractivity contribution >= 4 is 5.91 Å². The largest absolute Gasteiger partial charge is 0.342 e. The first-order chi connectivity index (χ1) is 9.10. The van der Waals surface area contributed by atoms with E-state index in [1.54, 1.807) is 0 Å². The van der Waals surface area contributed by atoms with Gasteiger partial charge in [0.05, 0.1) is 5.92 Å². The van der Waals surface area contributed by atoms with E-state index in [1.165, 1.54) is 25.7 Å². The predicted molar refractivity (Wildman–Crippen MR) is 79.0 cm³/mol. The summed E-state index contributed by atoms with van der Waals surface area (Å²) in [4.78, 5) is 14.7. The van der Waals surface area contributed by atoms with Crippen LogP contribution in [0.1, 0.15) is 52.9 Å². The summed E-state index contributed by atoms with van der Waals surface area (Å²) in [5.74, 6) is 1.26. The number of hydrogen-bond donors (Lipinski definition) is 1. The maximum atomic E-state index is 12.6. The van der Waals surface area contributed by atoms with Gasteiger partial charge in [0.15, 0.2) is 0 Å². The summed E-state index contributed by atoms with van der Waals surface area (Å²) in [6.45, 7) is 10.7. The zero-order valence-electron chi connectivity index (χ0n) is 12.9. The molecule has 2 unspecified atom stereocenters. The van der Waals surface area contributed by atoms with E-state index in [9.17, 15) is 4.79 Å². The Morgan fingerprint density at radius 2 is 1.84 bits per heavy atom. The lowest BCUT2D eigenvalue weighted by atomic mass is 9.74. The topological polar surface area (TPSA) is 32.3 Å². The van der Waals surface area contributed by atoms with E-state index in [4.69, 9.17) is 0 Å². The van der Waals surface area contributed by atoms with Gasteiger partial charge < -0.3 is 10.2 Å². The minimum Gasteiger partial charge on any atom is -0.342 e. The quantitative estimate of drug-likeness (QED) is 0.852. The fraction of sp³-hybridized carbons (Fsp3) is 0.938. The third-order valence-electron chi connectivity index (χ3n) is 5.56. The molecule has 0 bridgehead atoms. The number of rotatable bonds is 3. The summed E-state index contributed by atoms with van der Waals surface area (Å²) in [6, 6.07) is 0. The maximum Gasteiger partial charge on any atom is 0.226 e. The van der Waals surface area contributed by atoms with Crippen LogP contribution in [0.15, 0.2) is 0 Å². The molecule has 2 fully saturated rings. The zero-order chi connectivity index (χ0) is 13.9. The van der Waals surface area contributed by atoms with E-state index in [2.05, 4.69) is 31.0 Å². The molecule has 2 atom stereocenters. The Balaban J connectivity index is 1.88. The van der Waals surface area contributed by atoms with Gasteiger partial charge in [0, 0.05) is 19.6 Å². The molecule has 0 radical (unpaired) electrons. The van der Waals surface area contributed by atoms with Gasteiger partial charge in [-0.05, 0) is 37.1 Å². The average Bonchev–Trinajstić information content (AvgIpc) is 2.46. The standard InChI is InChI=1S/C16H30N2O/c1-4-16(5-2)6-8-18(9-7-16)15(19)14-10-13(3)11-17-12-14/h13-14,17H,4-12H2,1-3H3. The van der Waals surface area contributed by atoms with Crippen LogP contribution in [0, 0.1) is 17.3 Å². The van der Waals surface area contributed by atoms with Crippen molar-refractivity contribution in [2.75, 3.05) is 26.2 Å². The highest BCUT2D eigenvalue weighted by molar-refractivity contribution is 5.79. The SMILES string of the molecule is CCC1(CC)CCN(C(=O)C2CNCC(C)C2)CC1. The summed E-state index contributed by atoms with van der Waals surface area (Å²) in [7, 11) is 0. The number of carbonyl (C=O) groups is 1. The highest BCUT2D eigenvalue weighted by Crippen LogP contribution is 2.38. The smallest absolute Gasteiger partial charge is 0.226 e. The second-order valence-electron chi connectivity index (χ2n) is 6.73. The van der Waals surface area contributed by atoms with Crippen LogP contribution in [0.3, 0.4) is 0 Å². The number of piperidine rings is 2. The molecule has 0 aromatic rings. The van der Waals surface area contributed by atoms with Crippen molar-refractivity contribution < 1.29 is 4.79 Å². The van der Waals surface area contributed by atoms with E-state index in [-0.39, 0.29) is 5.92 Å². The lowest BCUT2D eigenvalue weighted by Gasteiger charge is -2.42. The molecule has 1 amide bonds. The summed E-state index contributed by atoms with van der Waals surface area (Å²) >= 11 is 0. The fourth-order valence-corrected chi connectivity index (χ4v) is 3.76. The van der Waals surface area contributed by atoms with Gasteiger partial charge >= 0.3 is 0 Å². The summed E-state index contributed by atoms with van der Waals surface area (Å²) in [5.41, 5.74) is 0.509. The van der Waals surface area contributed by atoms with E-state index >= 15 is 0 Å². The lowest BCUT2D eigenvalue weighted by molar-refractivity contribution is -0.139. The molecule has 2 aliphatic heterocycles. The van der Waals surface area contributed by atoms with Crippen molar-refractivity contribution in [1.29, 1.82) is 0 Å². The Hall–Kier alpha value is -0.570. The van der Waals surface area contributed by atoms with Crippen LogP contribution in [0.25, 0.3) is 0 Å². The number of nitrogens with one attached hydrogen (secondary N) is 1. The van der Waals surface area contributed by atoms with Gasteiger partial charge in [0.1, 0.15) is 0 Å². The van der Waals surface area contributed by atoms with Crippen molar-refractivity contribution in [1.82, 2.24) is 10.2 Å². The van der Waals surface area contributed by atoms with Crippen molar-refractivity contribution in [3.8, 4) is 0 Å². The summed E-state index contributed by atoms with van der Waals surface area (Å²) in [5, 5.41) is 3.40. The second kappa shape index (κ2) is 6.25. The number of nitrogens with zero attached hydrogens (tertiary/aromatic N) is 1. The maximum absolute atomic E-state index is 12.6. The van der Waals surface area contributed by atoms with E-state index in [0.717, 1.165) is 32.6 Å². The molecule has 0 spiro atoms. The van der Waals surface area contributed by atoms with Crippen molar-refractivity contribution in [2.24, 2.45) is 17.3 Å². The van der Waals surface area contributed by atoms with E-state index in [1.807, 2.05) is 0 Å². The van der Waals surface area contributed by atoms with Crippen LogP contribution in [0.5, 0.6) is 0 Å². The lowest BCUT2D eigenvalue weighted by Crippen LogP contribution is -2.49. The van der Waals surface area contributed by atoms with Crippen molar-refractivity contribution in [2.45, 2.75) is 52.9 Å². The Morgan fingerprint density at radius 1 is 1.21 bits per heavy atom. The van der Waals surface area contributed by atoms with Gasteiger partial charge in [-0.15, -0.1) is 0 Å². The van der Waals surface area contributed by atoms with Gasteiger partial charge in [-0.2, -0.15) is 0 Å². The molecule has 3 heteroatoms. The van der Waals surface area contributed by atoms with E-state index in [0.29, 0.717) is 17.2 Å². The molecule has 3 nitrogen and oxygen atoms in total. The molecule has 19 heavy (non-hydrogen) atoms. The van der Waals surface area contributed by atoms with Crippen molar-refractivity contribution in [3.05, 3.63) is 0 Å². The van der Waals surface area contributed by atoms with Crippen LogP contribution in [0.4, 0.5) is 0 Å². The number of likely N-dealkylation sites (tertiary alicyclic amines) is 1. The molecule has 110 valence electrons. The third-order valence-corrected chi connectivity index (χ3v) is 5.56. The van der Waals surface area contributed by atoms with Gasteiger partial charge in [-0.3, -0.25) is 4.79 Å². The van der Waals surface area contributed by atoms with Crippen LogP contribution in [0.2, 0.25) is 0 Å². The Labute approximate surface area is 118 Å². The number of hydrogen-bond acceptors (Lipinski definition) is 2. The van der Waals surface area contributed by atoms with Gasteiger partial charge in [0.2, 0.25) is 5.91 Å². The molecular weight excluding hydrogens is 236 g/mol. The molecule has 0 aromatic heterocycles. The van der Waals surface area contributed by atoms with Gasteiger partial charge in [-0.25, -0.2) is 0 Å². The third kappa shape index (κ3) is 3.31. The van der Waals surface area contributed by atoms with Crippen LogP contribution < -0.4 is 5.32 Å². The van der Waals surface area contributed by atoms with E-state index < -0.39 is 0 Å². The minimum atomic E-state index is 0.222. The monoisotopic (exact) mass is 266 g/mol. The summed E-state index contributed by atoms with van der Waals surface area (Å²) < 4.78 is 0. The van der Waals surface area contributed by atoms with Crippen LogP contribution in [-0.4, -0.2) is 37.0 Å². The fourth-order valence-electron chi connectivity index (χ4n) is 3.76. The number of carbonyl (C=O) groups excluding carboxylic acids is 1. The van der Waals surface area contributed by atoms with Crippen LogP contribution in [-0.2, 0) is 4.79 Å². The molecule has 0 aliphatic carbocycles. The molecule has 2 aliphatic rings. The second-order valence-corrected chi connectivity index (χ2v) is 6.73. The highest BCUT2D eigenvalue weighted by atomic mass is 16.2. The Kier molecular flexibility index (Phi) is 4.88. The number of amides is 1. The first kappa shape index (κ1) is 14.8. The molecule has 2 rings (SSSR count). The molecule has 2 saturated heterocycles.